The van der Waals surface area contributed by atoms with E-state index in [9.17, 15) is 0 Å². The molecule has 1 atom stereocenters. The molecule has 1 aromatic carbocycles. The molecule has 1 saturated heterocycles. The van der Waals surface area contributed by atoms with Crippen molar-refractivity contribution in [1.29, 1.82) is 0 Å². The summed E-state index contributed by atoms with van der Waals surface area (Å²) in [6.07, 6.45) is 5.87. The van der Waals surface area contributed by atoms with E-state index in [0.717, 1.165) is 42.0 Å². The molecule has 126 valence electrons. The highest BCUT2D eigenvalue weighted by atomic mass is 16.5. The standard InChI is InChI=1S/C19H24BNO3/c1-4-7-23-19-9-14(5-6-18(19)22-3)15-8-16(12-21-11-15)17-10-20(2)24-13-17/h5-6,8-9,11-12,17H,4,7,10,13H2,1-3H3/t17-/m0/s1. The Bertz CT molecular complexity index is 692. The normalized spacial score (nSPS) is 17.1. The first-order valence-corrected chi connectivity index (χ1v) is 8.59. The number of nitrogens with zero attached hydrogens (tertiary/aromatic N) is 1. The van der Waals surface area contributed by atoms with E-state index in [4.69, 9.17) is 14.1 Å². The molecule has 1 aliphatic heterocycles. The molecule has 5 heteroatoms. The molecule has 4 nitrogen and oxygen atoms in total. The van der Waals surface area contributed by atoms with Crippen molar-refractivity contribution in [2.75, 3.05) is 20.3 Å². The predicted octanol–water partition coefficient (Wildman–Crippen LogP) is 4.28. The van der Waals surface area contributed by atoms with Crippen molar-refractivity contribution in [1.82, 2.24) is 4.98 Å². The number of pyridine rings is 1. The molecule has 1 aromatic heterocycles. The van der Waals surface area contributed by atoms with Crippen molar-refractivity contribution >= 4 is 6.92 Å². The van der Waals surface area contributed by atoms with E-state index in [-0.39, 0.29) is 0 Å². The maximum absolute atomic E-state index is 5.82. The van der Waals surface area contributed by atoms with Crippen LogP contribution in [0, 0.1) is 0 Å². The van der Waals surface area contributed by atoms with Gasteiger partial charge >= 0.3 is 0 Å². The summed E-state index contributed by atoms with van der Waals surface area (Å²) in [5.41, 5.74) is 3.42. The van der Waals surface area contributed by atoms with Crippen LogP contribution in [-0.2, 0) is 4.65 Å². The van der Waals surface area contributed by atoms with Crippen molar-refractivity contribution < 1.29 is 14.1 Å². The Morgan fingerprint density at radius 1 is 1.21 bits per heavy atom. The minimum atomic E-state index is 0.327. The van der Waals surface area contributed by atoms with Gasteiger partial charge in [-0.2, -0.15) is 0 Å². The maximum Gasteiger partial charge on any atom is 0.290 e. The molecule has 0 saturated carbocycles. The zero-order chi connectivity index (χ0) is 16.9. The fourth-order valence-corrected chi connectivity index (χ4v) is 3.07. The first-order chi connectivity index (χ1) is 11.7. The number of rotatable bonds is 6. The molecule has 3 rings (SSSR count). The van der Waals surface area contributed by atoms with Gasteiger partial charge in [0.05, 0.1) is 13.7 Å². The smallest absolute Gasteiger partial charge is 0.290 e. The molecular weight excluding hydrogens is 301 g/mol. The Labute approximate surface area is 144 Å². The van der Waals surface area contributed by atoms with E-state index in [1.54, 1.807) is 7.11 Å². The van der Waals surface area contributed by atoms with Gasteiger partial charge in [0.15, 0.2) is 11.5 Å². The van der Waals surface area contributed by atoms with Crippen molar-refractivity contribution in [2.45, 2.75) is 32.4 Å². The van der Waals surface area contributed by atoms with E-state index in [2.05, 4.69) is 24.8 Å². The number of hydrogen-bond acceptors (Lipinski definition) is 4. The molecule has 0 radical (unpaired) electrons. The molecule has 1 fully saturated rings. The third-order valence-electron chi connectivity index (χ3n) is 4.39. The Hall–Kier alpha value is -2.01. The summed E-state index contributed by atoms with van der Waals surface area (Å²) in [4.78, 5) is 4.44. The van der Waals surface area contributed by atoms with Crippen LogP contribution in [0.3, 0.4) is 0 Å². The molecule has 2 aromatic rings. The van der Waals surface area contributed by atoms with Crippen LogP contribution < -0.4 is 9.47 Å². The average molecular weight is 325 g/mol. The number of aromatic nitrogens is 1. The molecule has 0 aliphatic carbocycles. The molecular formula is C19H24BNO3. The molecule has 24 heavy (non-hydrogen) atoms. The Morgan fingerprint density at radius 2 is 2.08 bits per heavy atom. The van der Waals surface area contributed by atoms with Gasteiger partial charge in [0.2, 0.25) is 0 Å². The highest BCUT2D eigenvalue weighted by Gasteiger charge is 2.26. The van der Waals surface area contributed by atoms with E-state index < -0.39 is 0 Å². The first-order valence-electron chi connectivity index (χ1n) is 8.59. The lowest BCUT2D eigenvalue weighted by molar-refractivity contribution is 0.294. The lowest BCUT2D eigenvalue weighted by atomic mass is 9.65. The monoisotopic (exact) mass is 325 g/mol. The highest BCUT2D eigenvalue weighted by Crippen LogP contribution is 2.34. The fraction of sp³-hybridized carbons (Fsp3) is 0.421. The topological polar surface area (TPSA) is 40.6 Å². The summed E-state index contributed by atoms with van der Waals surface area (Å²) in [5.74, 6) is 1.97. The molecule has 2 heterocycles. The van der Waals surface area contributed by atoms with Crippen molar-refractivity contribution in [3.05, 3.63) is 42.2 Å². The minimum absolute atomic E-state index is 0.327. The maximum atomic E-state index is 5.82. The van der Waals surface area contributed by atoms with Crippen LogP contribution in [-0.4, -0.2) is 32.2 Å². The number of ether oxygens (including phenoxy) is 2. The minimum Gasteiger partial charge on any atom is -0.493 e. The first kappa shape index (κ1) is 16.8. The molecule has 0 unspecified atom stereocenters. The van der Waals surface area contributed by atoms with Gasteiger partial charge in [0.25, 0.3) is 6.92 Å². The lowest BCUT2D eigenvalue weighted by Gasteiger charge is -2.13. The Balaban J connectivity index is 1.88. The van der Waals surface area contributed by atoms with Gasteiger partial charge in [-0.1, -0.05) is 19.8 Å². The summed E-state index contributed by atoms with van der Waals surface area (Å²) < 4.78 is 16.9. The molecule has 0 N–H and O–H groups in total. The second-order valence-corrected chi connectivity index (χ2v) is 6.30. The van der Waals surface area contributed by atoms with Crippen LogP contribution >= 0.6 is 0 Å². The average Bonchev–Trinajstić information content (AvgIpc) is 3.06. The second-order valence-electron chi connectivity index (χ2n) is 6.30. The quantitative estimate of drug-likeness (QED) is 0.743. The van der Waals surface area contributed by atoms with Gasteiger partial charge in [-0.05, 0) is 42.1 Å². The van der Waals surface area contributed by atoms with Crippen LogP contribution in [0.15, 0.2) is 36.7 Å². The summed E-state index contributed by atoms with van der Waals surface area (Å²) in [6, 6.07) is 8.24. The van der Waals surface area contributed by atoms with Crippen molar-refractivity contribution in [3.8, 4) is 22.6 Å². The van der Waals surface area contributed by atoms with Crippen LogP contribution in [0.2, 0.25) is 13.1 Å². The summed E-state index contributed by atoms with van der Waals surface area (Å²) in [6.45, 7) is 6.00. The van der Waals surface area contributed by atoms with Crippen molar-refractivity contribution in [3.63, 3.8) is 0 Å². The van der Waals surface area contributed by atoms with Crippen LogP contribution in [0.1, 0.15) is 24.8 Å². The zero-order valence-corrected chi connectivity index (χ0v) is 14.6. The van der Waals surface area contributed by atoms with Gasteiger partial charge in [0.1, 0.15) is 0 Å². The fourth-order valence-electron chi connectivity index (χ4n) is 3.07. The van der Waals surface area contributed by atoms with Crippen LogP contribution in [0.25, 0.3) is 11.1 Å². The summed E-state index contributed by atoms with van der Waals surface area (Å²) in [5, 5.41) is 0. The van der Waals surface area contributed by atoms with Gasteiger partial charge in [-0.3, -0.25) is 4.98 Å². The molecule has 0 spiro atoms. The highest BCUT2D eigenvalue weighted by molar-refractivity contribution is 6.51. The van der Waals surface area contributed by atoms with Gasteiger partial charge in [0, 0.05) is 30.5 Å². The van der Waals surface area contributed by atoms with Gasteiger partial charge in [-0.15, -0.1) is 0 Å². The zero-order valence-electron chi connectivity index (χ0n) is 14.6. The largest absolute Gasteiger partial charge is 0.493 e. The van der Waals surface area contributed by atoms with E-state index in [1.807, 2.05) is 30.6 Å². The SMILES string of the molecule is CCCOc1cc(-c2cncc([C@@H]3COB(C)C3)c2)ccc1OC. The third-order valence-corrected chi connectivity index (χ3v) is 4.39. The summed E-state index contributed by atoms with van der Waals surface area (Å²) in [7, 11) is 1.66. The molecule has 0 bridgehead atoms. The molecule has 0 amide bonds. The number of methoxy groups -OCH3 is 1. The molecule has 1 aliphatic rings. The van der Waals surface area contributed by atoms with Crippen LogP contribution in [0.5, 0.6) is 11.5 Å². The van der Waals surface area contributed by atoms with Gasteiger partial charge < -0.3 is 14.1 Å². The van der Waals surface area contributed by atoms with E-state index in [1.165, 1.54) is 5.56 Å². The van der Waals surface area contributed by atoms with Crippen molar-refractivity contribution in [2.24, 2.45) is 0 Å². The third kappa shape index (κ3) is 3.73. The van der Waals surface area contributed by atoms with Crippen LogP contribution in [0.4, 0.5) is 0 Å². The Morgan fingerprint density at radius 3 is 2.79 bits per heavy atom. The number of benzene rings is 1. The van der Waals surface area contributed by atoms with Gasteiger partial charge in [-0.25, -0.2) is 0 Å². The lowest BCUT2D eigenvalue weighted by Crippen LogP contribution is -2.02. The number of hydrogen-bond donors (Lipinski definition) is 0. The van der Waals surface area contributed by atoms with E-state index >= 15 is 0 Å². The second kappa shape index (κ2) is 7.71. The summed E-state index contributed by atoms with van der Waals surface area (Å²) >= 11 is 0. The van der Waals surface area contributed by atoms with E-state index in [0.29, 0.717) is 19.4 Å². The predicted molar refractivity (Wildman–Crippen MR) is 97.1 cm³/mol. The Kier molecular flexibility index (Phi) is 5.41.